The van der Waals surface area contributed by atoms with Gasteiger partial charge in [-0.25, -0.2) is 4.79 Å². The molecule has 2 rings (SSSR count). The summed E-state index contributed by atoms with van der Waals surface area (Å²) in [5.41, 5.74) is 1.49. The molecule has 0 aromatic heterocycles. The number of hydrogen-bond acceptors (Lipinski definition) is 3. The van der Waals surface area contributed by atoms with Crippen LogP contribution in [0.5, 0.6) is 0 Å². The van der Waals surface area contributed by atoms with Gasteiger partial charge in [0.05, 0.1) is 0 Å². The predicted octanol–water partition coefficient (Wildman–Crippen LogP) is 3.00. The summed E-state index contributed by atoms with van der Waals surface area (Å²) in [5.74, 6) is 0.0682. The van der Waals surface area contributed by atoms with Crippen molar-refractivity contribution in [3.05, 3.63) is 29.8 Å². The smallest absolute Gasteiger partial charge is 0.410 e. The van der Waals surface area contributed by atoms with Crippen molar-refractivity contribution in [2.24, 2.45) is 0 Å². The molecule has 0 radical (unpaired) electrons. The number of carbonyl (C=O) groups is 2. The van der Waals surface area contributed by atoms with Crippen LogP contribution in [0.3, 0.4) is 0 Å². The number of amides is 2. The number of para-hydroxylation sites is 1. The first kappa shape index (κ1) is 16.3. The van der Waals surface area contributed by atoms with E-state index in [9.17, 15) is 9.59 Å². The molecule has 22 heavy (non-hydrogen) atoms. The van der Waals surface area contributed by atoms with Gasteiger partial charge in [0.15, 0.2) is 0 Å². The lowest BCUT2D eigenvalue weighted by Crippen LogP contribution is -2.40. The molecule has 2 amide bonds. The van der Waals surface area contributed by atoms with Gasteiger partial charge >= 0.3 is 6.09 Å². The summed E-state index contributed by atoms with van der Waals surface area (Å²) in [6, 6.07) is 7.84. The summed E-state index contributed by atoms with van der Waals surface area (Å²) in [5, 5.41) is 0. The van der Waals surface area contributed by atoms with E-state index in [0.717, 1.165) is 11.3 Å². The first-order valence-corrected chi connectivity index (χ1v) is 7.48. The normalized spacial score (nSPS) is 18.0. The fourth-order valence-corrected chi connectivity index (χ4v) is 2.64. The Kier molecular flexibility index (Phi) is 4.44. The van der Waals surface area contributed by atoms with Gasteiger partial charge in [-0.3, -0.25) is 4.79 Å². The molecule has 1 unspecified atom stereocenters. The van der Waals surface area contributed by atoms with Gasteiger partial charge < -0.3 is 14.5 Å². The van der Waals surface area contributed by atoms with Crippen molar-refractivity contribution in [3.63, 3.8) is 0 Å². The molecule has 0 bridgehead atoms. The number of nitrogens with zero attached hydrogens (tertiary/aromatic N) is 2. The first-order valence-electron chi connectivity index (χ1n) is 7.48. The van der Waals surface area contributed by atoms with E-state index in [1.54, 1.807) is 23.9 Å². The first-order chi connectivity index (χ1) is 10.2. The van der Waals surface area contributed by atoms with Crippen LogP contribution < -0.4 is 4.90 Å². The maximum absolute atomic E-state index is 12.1. The lowest BCUT2D eigenvalue weighted by atomic mass is 9.89. The van der Waals surface area contributed by atoms with E-state index in [4.69, 9.17) is 4.74 Å². The minimum atomic E-state index is -0.522. The summed E-state index contributed by atoms with van der Waals surface area (Å²) in [7, 11) is 3.49. The van der Waals surface area contributed by atoms with Crippen molar-refractivity contribution in [1.82, 2.24) is 4.90 Å². The summed E-state index contributed by atoms with van der Waals surface area (Å²) in [4.78, 5) is 27.5. The number of rotatable bonds is 2. The van der Waals surface area contributed by atoms with E-state index < -0.39 is 5.60 Å². The Morgan fingerprint density at radius 2 is 2.00 bits per heavy atom. The van der Waals surface area contributed by atoms with E-state index in [1.807, 2.05) is 45.0 Å². The van der Waals surface area contributed by atoms with Gasteiger partial charge in [0.2, 0.25) is 5.91 Å². The van der Waals surface area contributed by atoms with E-state index in [1.165, 1.54) is 0 Å². The second kappa shape index (κ2) is 5.99. The van der Waals surface area contributed by atoms with Crippen LogP contribution in [0, 0.1) is 0 Å². The molecule has 0 saturated carbocycles. The second-order valence-electron chi connectivity index (χ2n) is 6.77. The fraction of sp³-hybridized carbons (Fsp3) is 0.529. The molecule has 5 heteroatoms. The molecule has 0 N–H and O–H groups in total. The Morgan fingerprint density at radius 3 is 2.64 bits per heavy atom. The molecule has 0 aliphatic carbocycles. The Labute approximate surface area is 131 Å². The number of hydrogen-bond donors (Lipinski definition) is 0. The lowest BCUT2D eigenvalue weighted by Gasteiger charge is -2.34. The zero-order valence-corrected chi connectivity index (χ0v) is 13.9. The fourth-order valence-electron chi connectivity index (χ4n) is 2.64. The van der Waals surface area contributed by atoms with Crippen LogP contribution in [0.4, 0.5) is 10.5 Å². The number of fused-ring (bicyclic) bond motifs is 1. The molecule has 0 fully saturated rings. The average Bonchev–Trinajstić information content (AvgIpc) is 2.42. The number of carbonyl (C=O) groups excluding carboxylic acids is 2. The van der Waals surface area contributed by atoms with Gasteiger partial charge in [-0.05, 0) is 32.4 Å². The summed E-state index contributed by atoms with van der Waals surface area (Å²) < 4.78 is 5.37. The molecule has 1 aliphatic heterocycles. The zero-order valence-electron chi connectivity index (χ0n) is 13.9. The largest absolute Gasteiger partial charge is 0.444 e. The lowest BCUT2D eigenvalue weighted by molar-refractivity contribution is -0.119. The number of anilines is 1. The van der Waals surface area contributed by atoms with Gasteiger partial charge in [0, 0.05) is 38.7 Å². The van der Waals surface area contributed by atoms with Crippen LogP contribution in [-0.4, -0.2) is 43.1 Å². The molecular formula is C17H24N2O3. The molecule has 5 nitrogen and oxygen atoms in total. The summed E-state index contributed by atoms with van der Waals surface area (Å²) >= 11 is 0. The van der Waals surface area contributed by atoms with E-state index in [2.05, 4.69) is 0 Å². The Bertz CT molecular complexity index is 578. The number of likely N-dealkylation sites (N-methyl/N-ethyl adjacent to an activating group) is 1. The highest BCUT2D eigenvalue weighted by atomic mass is 16.6. The van der Waals surface area contributed by atoms with Crippen LogP contribution in [0.25, 0.3) is 0 Å². The van der Waals surface area contributed by atoms with Gasteiger partial charge in [0.1, 0.15) is 5.60 Å². The van der Waals surface area contributed by atoms with Crippen molar-refractivity contribution in [2.75, 3.05) is 25.5 Å². The maximum atomic E-state index is 12.1. The molecule has 120 valence electrons. The van der Waals surface area contributed by atoms with Crippen LogP contribution >= 0.6 is 0 Å². The van der Waals surface area contributed by atoms with E-state index in [-0.39, 0.29) is 17.9 Å². The molecule has 1 heterocycles. The molecular weight excluding hydrogens is 280 g/mol. The topological polar surface area (TPSA) is 49.9 Å². The van der Waals surface area contributed by atoms with Gasteiger partial charge in [0.25, 0.3) is 0 Å². The van der Waals surface area contributed by atoms with Crippen molar-refractivity contribution in [3.8, 4) is 0 Å². The van der Waals surface area contributed by atoms with E-state index in [0.29, 0.717) is 13.0 Å². The van der Waals surface area contributed by atoms with Crippen LogP contribution in [0.1, 0.15) is 38.7 Å². The highest BCUT2D eigenvalue weighted by Crippen LogP contribution is 2.35. The SMILES string of the molecule is CN(CC1CC(=O)N(C)c2ccccc21)C(=O)OC(C)(C)C. The van der Waals surface area contributed by atoms with Crippen molar-refractivity contribution < 1.29 is 14.3 Å². The van der Waals surface area contributed by atoms with Crippen molar-refractivity contribution in [1.29, 1.82) is 0 Å². The minimum absolute atomic E-state index is 0.00239. The molecule has 1 aliphatic rings. The van der Waals surface area contributed by atoms with Crippen LogP contribution in [0.15, 0.2) is 24.3 Å². The third-order valence-electron chi connectivity index (χ3n) is 3.73. The van der Waals surface area contributed by atoms with Crippen molar-refractivity contribution >= 4 is 17.7 Å². The molecule has 0 spiro atoms. The maximum Gasteiger partial charge on any atom is 0.410 e. The van der Waals surface area contributed by atoms with Crippen LogP contribution in [0.2, 0.25) is 0 Å². The Hall–Kier alpha value is -2.04. The number of benzene rings is 1. The highest BCUT2D eigenvalue weighted by molar-refractivity contribution is 5.96. The Morgan fingerprint density at radius 1 is 1.36 bits per heavy atom. The highest BCUT2D eigenvalue weighted by Gasteiger charge is 2.31. The average molecular weight is 304 g/mol. The summed E-state index contributed by atoms with van der Waals surface area (Å²) in [6.07, 6.45) is 0.0389. The van der Waals surface area contributed by atoms with E-state index >= 15 is 0 Å². The van der Waals surface area contributed by atoms with Gasteiger partial charge in [-0.1, -0.05) is 18.2 Å². The standard InChI is InChI=1S/C17H24N2O3/c1-17(2,3)22-16(21)18(4)11-12-10-15(20)19(5)14-9-7-6-8-13(12)14/h6-9,12H,10-11H2,1-5H3. The zero-order chi connectivity index (χ0) is 16.5. The quantitative estimate of drug-likeness (QED) is 0.844. The monoisotopic (exact) mass is 304 g/mol. The predicted molar refractivity (Wildman–Crippen MR) is 86.1 cm³/mol. The van der Waals surface area contributed by atoms with Gasteiger partial charge in [-0.2, -0.15) is 0 Å². The third kappa shape index (κ3) is 3.59. The molecule has 1 atom stereocenters. The number of ether oxygens (including phenoxy) is 1. The Balaban J connectivity index is 2.15. The molecule has 1 aromatic carbocycles. The van der Waals surface area contributed by atoms with Gasteiger partial charge in [-0.15, -0.1) is 0 Å². The molecule has 1 aromatic rings. The van der Waals surface area contributed by atoms with Crippen LogP contribution in [-0.2, 0) is 9.53 Å². The molecule has 0 saturated heterocycles. The minimum Gasteiger partial charge on any atom is -0.444 e. The second-order valence-corrected chi connectivity index (χ2v) is 6.77. The van der Waals surface area contributed by atoms with Crippen molar-refractivity contribution in [2.45, 2.75) is 38.7 Å². The summed E-state index contributed by atoms with van der Waals surface area (Å²) in [6.45, 7) is 5.99. The third-order valence-corrected chi connectivity index (χ3v) is 3.73.